The highest BCUT2D eigenvalue weighted by Crippen LogP contribution is 2.16. The van der Waals surface area contributed by atoms with E-state index in [1.165, 1.54) is 0 Å². The smallest absolute Gasteiger partial charge is 0.194 e. The van der Waals surface area contributed by atoms with Crippen LogP contribution in [0, 0.1) is 0 Å². The summed E-state index contributed by atoms with van der Waals surface area (Å²) in [5.74, 6) is 2.02. The molecular weight excluding hydrogens is 168 g/mol. The van der Waals surface area contributed by atoms with E-state index in [0.717, 1.165) is 0 Å². The Balaban J connectivity index is 2.46. The molecule has 0 aromatic carbocycles. The summed E-state index contributed by atoms with van der Waals surface area (Å²) >= 11 is 0. The molecule has 5 nitrogen and oxygen atoms in total. The fraction of sp³-hybridized carbons (Fsp3) is 0.250. The van der Waals surface area contributed by atoms with E-state index in [9.17, 15) is 0 Å². The predicted molar refractivity (Wildman–Crippen MR) is 46.6 cm³/mol. The molecule has 0 atom stereocenters. The summed E-state index contributed by atoms with van der Waals surface area (Å²) in [6.45, 7) is 0.342. The molecule has 0 fully saturated rings. The van der Waals surface area contributed by atoms with Gasteiger partial charge in [-0.05, 0) is 12.1 Å². The van der Waals surface area contributed by atoms with Crippen molar-refractivity contribution in [3.8, 4) is 11.6 Å². The molecule has 0 spiro atoms. The van der Waals surface area contributed by atoms with Gasteiger partial charge in [-0.2, -0.15) is 5.10 Å². The SMILES string of the molecule is Cn1nc(CN)nc1-c1ccco1. The van der Waals surface area contributed by atoms with E-state index < -0.39 is 0 Å². The van der Waals surface area contributed by atoms with Gasteiger partial charge in [0.1, 0.15) is 0 Å². The van der Waals surface area contributed by atoms with Crippen LogP contribution in [-0.2, 0) is 13.6 Å². The molecule has 2 aromatic rings. The summed E-state index contributed by atoms with van der Waals surface area (Å²) in [6.07, 6.45) is 1.60. The van der Waals surface area contributed by atoms with Crippen molar-refractivity contribution < 1.29 is 4.42 Å². The van der Waals surface area contributed by atoms with Crippen molar-refractivity contribution >= 4 is 0 Å². The number of aromatic nitrogens is 3. The normalized spacial score (nSPS) is 10.6. The Morgan fingerprint density at radius 2 is 2.46 bits per heavy atom. The molecule has 0 amide bonds. The van der Waals surface area contributed by atoms with Crippen LogP contribution >= 0.6 is 0 Å². The molecule has 0 aliphatic heterocycles. The molecule has 68 valence electrons. The van der Waals surface area contributed by atoms with Crippen LogP contribution in [0.5, 0.6) is 0 Å². The monoisotopic (exact) mass is 178 g/mol. The number of hydrogen-bond acceptors (Lipinski definition) is 4. The van der Waals surface area contributed by atoms with Gasteiger partial charge in [-0.3, -0.25) is 0 Å². The van der Waals surface area contributed by atoms with Crippen molar-refractivity contribution in [2.75, 3.05) is 0 Å². The largest absolute Gasteiger partial charge is 0.461 e. The summed E-state index contributed by atoms with van der Waals surface area (Å²) in [7, 11) is 1.81. The molecule has 2 aromatic heterocycles. The van der Waals surface area contributed by atoms with Crippen molar-refractivity contribution in [1.29, 1.82) is 0 Å². The molecule has 0 aliphatic rings. The lowest BCUT2D eigenvalue weighted by Crippen LogP contribution is -1.99. The lowest BCUT2D eigenvalue weighted by atomic mass is 10.4. The number of rotatable bonds is 2. The molecule has 2 heterocycles. The zero-order valence-electron chi connectivity index (χ0n) is 7.27. The zero-order chi connectivity index (χ0) is 9.26. The summed E-state index contributed by atoms with van der Waals surface area (Å²) < 4.78 is 6.85. The maximum absolute atomic E-state index is 5.42. The van der Waals surface area contributed by atoms with E-state index in [0.29, 0.717) is 24.0 Å². The third-order valence-corrected chi connectivity index (χ3v) is 1.73. The number of hydrogen-bond donors (Lipinski definition) is 1. The number of nitrogens with two attached hydrogens (primary N) is 1. The summed E-state index contributed by atoms with van der Waals surface area (Å²) in [5, 5.41) is 4.11. The van der Waals surface area contributed by atoms with Crippen LogP contribution in [0.25, 0.3) is 11.6 Å². The van der Waals surface area contributed by atoms with Crippen LogP contribution in [0.2, 0.25) is 0 Å². The zero-order valence-corrected chi connectivity index (χ0v) is 7.27. The van der Waals surface area contributed by atoms with E-state index in [2.05, 4.69) is 10.1 Å². The lowest BCUT2D eigenvalue weighted by molar-refractivity contribution is 0.570. The fourth-order valence-corrected chi connectivity index (χ4v) is 1.14. The fourth-order valence-electron chi connectivity index (χ4n) is 1.14. The van der Waals surface area contributed by atoms with Crippen molar-refractivity contribution in [2.45, 2.75) is 6.54 Å². The maximum Gasteiger partial charge on any atom is 0.194 e. The predicted octanol–water partition coefficient (Wildman–Crippen LogP) is 0.534. The second-order valence-electron chi connectivity index (χ2n) is 2.66. The van der Waals surface area contributed by atoms with Gasteiger partial charge in [0.15, 0.2) is 17.4 Å². The van der Waals surface area contributed by atoms with Gasteiger partial charge in [0.05, 0.1) is 12.8 Å². The van der Waals surface area contributed by atoms with Gasteiger partial charge in [0, 0.05) is 7.05 Å². The second-order valence-corrected chi connectivity index (χ2v) is 2.66. The van der Waals surface area contributed by atoms with E-state index in [1.807, 2.05) is 19.2 Å². The molecule has 0 aliphatic carbocycles. The first-order valence-electron chi connectivity index (χ1n) is 3.95. The molecule has 0 bridgehead atoms. The number of aryl methyl sites for hydroxylation is 1. The first-order valence-corrected chi connectivity index (χ1v) is 3.95. The average Bonchev–Trinajstić information content (AvgIpc) is 2.72. The van der Waals surface area contributed by atoms with Gasteiger partial charge in [0.25, 0.3) is 0 Å². The van der Waals surface area contributed by atoms with Gasteiger partial charge in [-0.15, -0.1) is 0 Å². The topological polar surface area (TPSA) is 69.9 Å². The van der Waals surface area contributed by atoms with Crippen molar-refractivity contribution in [2.24, 2.45) is 12.8 Å². The average molecular weight is 178 g/mol. The minimum absolute atomic E-state index is 0.342. The Labute approximate surface area is 75.2 Å². The van der Waals surface area contributed by atoms with Crippen LogP contribution in [0.3, 0.4) is 0 Å². The summed E-state index contributed by atoms with van der Waals surface area (Å²) in [5.41, 5.74) is 5.42. The standard InChI is InChI=1S/C8H10N4O/c1-12-8(6-3-2-4-13-6)10-7(5-9)11-12/h2-4H,5,9H2,1H3. The summed E-state index contributed by atoms with van der Waals surface area (Å²) in [4.78, 5) is 4.20. The molecule has 0 saturated heterocycles. The highest BCUT2D eigenvalue weighted by Gasteiger charge is 2.09. The van der Waals surface area contributed by atoms with Crippen molar-refractivity contribution in [3.63, 3.8) is 0 Å². The quantitative estimate of drug-likeness (QED) is 0.728. The molecule has 5 heteroatoms. The molecule has 13 heavy (non-hydrogen) atoms. The van der Waals surface area contributed by atoms with Crippen LogP contribution < -0.4 is 5.73 Å². The van der Waals surface area contributed by atoms with Gasteiger partial charge in [-0.25, -0.2) is 9.67 Å². The Hall–Kier alpha value is -1.62. The summed E-state index contributed by atoms with van der Waals surface area (Å²) in [6, 6.07) is 3.65. The Kier molecular flexibility index (Phi) is 1.86. The van der Waals surface area contributed by atoms with E-state index in [-0.39, 0.29) is 0 Å². The van der Waals surface area contributed by atoms with Gasteiger partial charge < -0.3 is 10.2 Å². The van der Waals surface area contributed by atoms with Crippen LogP contribution in [0.4, 0.5) is 0 Å². The molecular formula is C8H10N4O. The number of furan rings is 1. The Bertz CT molecular complexity index is 390. The molecule has 0 unspecified atom stereocenters. The van der Waals surface area contributed by atoms with Crippen LogP contribution in [0.1, 0.15) is 5.82 Å². The minimum atomic E-state index is 0.342. The lowest BCUT2D eigenvalue weighted by Gasteiger charge is -1.92. The number of nitrogens with zero attached hydrogens (tertiary/aromatic N) is 3. The highest BCUT2D eigenvalue weighted by atomic mass is 16.3. The first kappa shape index (κ1) is 8.00. The van der Waals surface area contributed by atoms with E-state index in [1.54, 1.807) is 10.9 Å². The molecule has 0 saturated carbocycles. The Morgan fingerprint density at radius 3 is 3.00 bits per heavy atom. The van der Waals surface area contributed by atoms with Crippen molar-refractivity contribution in [3.05, 3.63) is 24.2 Å². The van der Waals surface area contributed by atoms with Gasteiger partial charge in [0.2, 0.25) is 0 Å². The second kappa shape index (κ2) is 3.02. The Morgan fingerprint density at radius 1 is 1.62 bits per heavy atom. The van der Waals surface area contributed by atoms with Crippen molar-refractivity contribution in [1.82, 2.24) is 14.8 Å². The third-order valence-electron chi connectivity index (χ3n) is 1.73. The van der Waals surface area contributed by atoms with Crippen LogP contribution in [0.15, 0.2) is 22.8 Å². The van der Waals surface area contributed by atoms with E-state index in [4.69, 9.17) is 10.2 Å². The third kappa shape index (κ3) is 1.33. The minimum Gasteiger partial charge on any atom is -0.461 e. The molecule has 2 rings (SSSR count). The maximum atomic E-state index is 5.42. The molecule has 2 N–H and O–H groups in total. The highest BCUT2D eigenvalue weighted by molar-refractivity contribution is 5.46. The van der Waals surface area contributed by atoms with E-state index >= 15 is 0 Å². The van der Waals surface area contributed by atoms with Gasteiger partial charge in [-0.1, -0.05) is 0 Å². The molecule has 0 radical (unpaired) electrons. The van der Waals surface area contributed by atoms with Crippen LogP contribution in [-0.4, -0.2) is 14.8 Å². The van der Waals surface area contributed by atoms with Gasteiger partial charge >= 0.3 is 0 Å². The first-order chi connectivity index (χ1) is 6.31.